The Kier molecular flexibility index (Phi) is 5.61. The first-order chi connectivity index (χ1) is 19.0. The van der Waals surface area contributed by atoms with E-state index in [1.54, 1.807) is 0 Å². The van der Waals surface area contributed by atoms with Gasteiger partial charge >= 0.3 is 0 Å². The fraction of sp³-hybridized carbons (Fsp3) is 0.111. The molecule has 0 atom stereocenters. The average molecular weight is 523 g/mol. The van der Waals surface area contributed by atoms with E-state index in [-0.39, 0.29) is 5.16 Å². The molecule has 39 heavy (non-hydrogen) atoms. The highest BCUT2D eigenvalue weighted by Crippen LogP contribution is 2.51. The topological polar surface area (TPSA) is 9.86 Å². The van der Waals surface area contributed by atoms with Crippen LogP contribution in [0.5, 0.6) is 0 Å². The molecular weight excluding hydrogens is 491 g/mol. The molecule has 7 rings (SSSR count). The van der Waals surface area contributed by atoms with Gasteiger partial charge in [0.05, 0.1) is 22.4 Å². The first kappa shape index (κ1) is 23.8. The lowest BCUT2D eigenvalue weighted by atomic mass is 9.98. The molecule has 190 valence electrons. The van der Waals surface area contributed by atoms with Crippen LogP contribution < -0.4 is 0 Å². The van der Waals surface area contributed by atoms with Crippen LogP contribution in [0.4, 0.5) is 0 Å². The number of para-hydroxylation sites is 2. The Labute approximate surface area is 230 Å². The molecular formula is C36H31N2P. The normalized spacial score (nSPS) is 12.0. The molecule has 0 radical (unpaired) electrons. The maximum Gasteiger partial charge on any atom is 0.0589 e. The maximum atomic E-state index is 2.64. The first-order valence-corrected chi connectivity index (χ1v) is 14.8. The van der Waals surface area contributed by atoms with Crippen molar-refractivity contribution in [1.29, 1.82) is 0 Å². The molecule has 2 nitrogen and oxygen atoms in total. The standard InChI is InChI=1S/C36H31N2P/c1-36(2,3)39-37(28-16-6-4-7-17-28)32-24-22-26-14-10-12-20-30(26)34(32)35-31-21-13-11-15-27(31)23-25-33(35)38(39)29-18-8-5-9-19-29/h4-25H,1-3H3. The molecule has 1 heterocycles. The third kappa shape index (κ3) is 3.87. The van der Waals surface area contributed by atoms with Gasteiger partial charge in [-0.25, -0.2) is 0 Å². The van der Waals surface area contributed by atoms with Gasteiger partial charge in [0.25, 0.3) is 0 Å². The van der Waals surface area contributed by atoms with Crippen LogP contribution >= 0.6 is 7.85 Å². The Morgan fingerprint density at radius 1 is 0.436 bits per heavy atom. The van der Waals surface area contributed by atoms with Crippen LogP contribution in [0.2, 0.25) is 0 Å². The Morgan fingerprint density at radius 3 is 1.23 bits per heavy atom. The predicted molar refractivity (Wildman–Crippen MR) is 170 cm³/mol. The Bertz CT molecular complexity index is 1890. The van der Waals surface area contributed by atoms with Crippen molar-refractivity contribution in [1.82, 2.24) is 8.66 Å². The first-order valence-electron chi connectivity index (χ1n) is 13.6. The largest absolute Gasteiger partial charge is 0.286 e. The molecule has 0 N–H and O–H groups in total. The van der Waals surface area contributed by atoms with Crippen molar-refractivity contribution in [2.24, 2.45) is 0 Å². The van der Waals surface area contributed by atoms with Crippen molar-refractivity contribution in [2.75, 3.05) is 0 Å². The minimum absolute atomic E-state index is 0.0445. The predicted octanol–water partition coefficient (Wildman–Crippen LogP) is 10.7. The number of benzene rings is 6. The number of hydrogen-bond acceptors (Lipinski definition) is 0. The van der Waals surface area contributed by atoms with E-state index in [2.05, 4.69) is 163 Å². The number of aromatic nitrogens is 2. The molecule has 0 saturated heterocycles. The molecule has 0 aliphatic carbocycles. The summed E-state index contributed by atoms with van der Waals surface area (Å²) in [7, 11) is -0.936. The Morgan fingerprint density at radius 2 is 0.821 bits per heavy atom. The van der Waals surface area contributed by atoms with E-state index in [1.807, 2.05) is 0 Å². The highest BCUT2D eigenvalue weighted by molar-refractivity contribution is 7.44. The van der Waals surface area contributed by atoms with Gasteiger partial charge in [-0.2, -0.15) is 0 Å². The van der Waals surface area contributed by atoms with Crippen LogP contribution in [0, 0.1) is 0 Å². The molecule has 1 aromatic heterocycles. The summed E-state index contributed by atoms with van der Waals surface area (Å²) in [5.41, 5.74) is 4.95. The molecule has 0 unspecified atom stereocenters. The van der Waals surface area contributed by atoms with Gasteiger partial charge in [-0.05, 0) is 57.9 Å². The van der Waals surface area contributed by atoms with Crippen LogP contribution in [0.15, 0.2) is 133 Å². The zero-order valence-corrected chi connectivity index (χ0v) is 23.4. The second-order valence-electron chi connectivity index (χ2n) is 11.1. The molecule has 0 saturated carbocycles. The Hall–Kier alpha value is -4.26. The summed E-state index contributed by atoms with van der Waals surface area (Å²) < 4.78 is 5.28. The highest BCUT2D eigenvalue weighted by Gasteiger charge is 2.26. The highest BCUT2D eigenvalue weighted by atomic mass is 31.1. The van der Waals surface area contributed by atoms with E-state index in [0.717, 1.165) is 0 Å². The quantitative estimate of drug-likeness (QED) is 0.214. The molecule has 0 fully saturated rings. The van der Waals surface area contributed by atoms with Crippen molar-refractivity contribution in [3.63, 3.8) is 0 Å². The van der Waals surface area contributed by atoms with Gasteiger partial charge in [-0.3, -0.25) is 8.66 Å². The van der Waals surface area contributed by atoms with Gasteiger partial charge in [0.2, 0.25) is 0 Å². The second kappa shape index (κ2) is 9.19. The van der Waals surface area contributed by atoms with E-state index in [9.17, 15) is 0 Å². The van der Waals surface area contributed by atoms with Gasteiger partial charge in [0, 0.05) is 23.8 Å². The van der Waals surface area contributed by atoms with Crippen molar-refractivity contribution < 1.29 is 0 Å². The average Bonchev–Trinajstić information content (AvgIpc) is 3.11. The summed E-state index contributed by atoms with van der Waals surface area (Å²) in [6.07, 6.45) is 0. The van der Waals surface area contributed by atoms with Gasteiger partial charge in [-0.1, -0.05) is 118 Å². The van der Waals surface area contributed by atoms with E-state index in [4.69, 9.17) is 0 Å². The lowest BCUT2D eigenvalue weighted by Gasteiger charge is -2.29. The number of nitrogens with zero attached hydrogens (tertiary/aromatic N) is 2. The SMILES string of the molecule is CC(C)(C)p1n(-c2ccccc2)c2ccc3ccccc3c2c2c3ccccc3ccc2n1-c1ccccc1. The van der Waals surface area contributed by atoms with Crippen LogP contribution in [0.3, 0.4) is 0 Å². The third-order valence-electron chi connectivity index (χ3n) is 7.50. The molecule has 3 heteroatoms. The van der Waals surface area contributed by atoms with Crippen LogP contribution in [0.25, 0.3) is 54.7 Å². The Balaban J connectivity index is 1.93. The molecule has 0 bridgehead atoms. The van der Waals surface area contributed by atoms with Gasteiger partial charge < -0.3 is 0 Å². The number of rotatable bonds is 2. The summed E-state index contributed by atoms with van der Waals surface area (Å²) in [6.45, 7) is 7.16. The summed E-state index contributed by atoms with van der Waals surface area (Å²) >= 11 is 0. The maximum absolute atomic E-state index is 2.64. The summed E-state index contributed by atoms with van der Waals surface area (Å²) in [5.74, 6) is 0. The minimum Gasteiger partial charge on any atom is -0.286 e. The van der Waals surface area contributed by atoms with E-state index < -0.39 is 7.85 Å². The molecule has 0 aliphatic rings. The van der Waals surface area contributed by atoms with Crippen molar-refractivity contribution in [3.8, 4) is 11.4 Å². The monoisotopic (exact) mass is 522 g/mol. The lowest BCUT2D eigenvalue weighted by Crippen LogP contribution is -2.12. The summed E-state index contributed by atoms with van der Waals surface area (Å²) in [4.78, 5) is 0. The van der Waals surface area contributed by atoms with E-state index in [1.165, 1.54) is 54.7 Å². The fourth-order valence-corrected chi connectivity index (χ4v) is 8.75. The molecule has 7 aromatic rings. The lowest BCUT2D eigenvalue weighted by molar-refractivity contribution is 0.702. The fourth-order valence-electron chi connectivity index (χ4n) is 5.93. The van der Waals surface area contributed by atoms with Gasteiger partial charge in [0.1, 0.15) is 0 Å². The molecule has 6 aromatic carbocycles. The zero-order valence-electron chi connectivity index (χ0n) is 22.5. The minimum atomic E-state index is -0.936. The van der Waals surface area contributed by atoms with Crippen molar-refractivity contribution in [2.45, 2.75) is 25.9 Å². The van der Waals surface area contributed by atoms with E-state index in [0.29, 0.717) is 0 Å². The molecule has 0 spiro atoms. The number of fused-ring (bicyclic) bond motifs is 7. The summed E-state index contributed by atoms with van der Waals surface area (Å²) in [6, 6.07) is 48.9. The number of hydrogen-bond donors (Lipinski definition) is 0. The smallest absolute Gasteiger partial charge is 0.0589 e. The van der Waals surface area contributed by atoms with Crippen LogP contribution in [-0.2, 0) is 5.16 Å². The van der Waals surface area contributed by atoms with Crippen molar-refractivity contribution >= 4 is 51.2 Å². The van der Waals surface area contributed by atoms with Gasteiger partial charge in [0.15, 0.2) is 0 Å². The zero-order chi connectivity index (χ0) is 26.6. The third-order valence-corrected chi connectivity index (χ3v) is 10.4. The second-order valence-corrected chi connectivity index (χ2v) is 13.8. The van der Waals surface area contributed by atoms with Crippen molar-refractivity contribution in [3.05, 3.63) is 133 Å². The molecule has 0 amide bonds. The van der Waals surface area contributed by atoms with Gasteiger partial charge in [-0.15, -0.1) is 0 Å². The van der Waals surface area contributed by atoms with Crippen LogP contribution in [-0.4, -0.2) is 8.66 Å². The summed E-state index contributed by atoms with van der Waals surface area (Å²) in [5, 5.41) is 7.65. The van der Waals surface area contributed by atoms with Crippen LogP contribution in [0.1, 0.15) is 20.8 Å². The van der Waals surface area contributed by atoms with E-state index >= 15 is 0 Å². The molecule has 0 aliphatic heterocycles.